The Morgan fingerprint density at radius 3 is 2.21 bits per heavy atom. The first-order valence-electron chi connectivity index (χ1n) is 11.7. The molecule has 0 radical (unpaired) electrons. The number of pyridine rings is 1. The van der Waals surface area contributed by atoms with E-state index < -0.39 is 45.5 Å². The molecule has 0 aliphatic heterocycles. The highest BCUT2D eigenvalue weighted by atomic mass is 35.5. The van der Waals surface area contributed by atoms with Crippen LogP contribution in [-0.2, 0) is 19.6 Å². The number of nitrogens with one attached hydrogen (secondary N) is 2. The molecule has 3 atom stereocenters. The van der Waals surface area contributed by atoms with Crippen molar-refractivity contribution >= 4 is 44.8 Å². The quantitative estimate of drug-likeness (QED) is 0.459. The molecule has 200 valence electrons. The Balaban J connectivity index is 1.57. The molecule has 0 saturated heterocycles. The van der Waals surface area contributed by atoms with Crippen molar-refractivity contribution in [3.63, 3.8) is 0 Å². The number of anilines is 2. The Hall–Kier alpha value is -3.54. The van der Waals surface area contributed by atoms with Gasteiger partial charge in [-0.15, -0.1) is 0 Å². The van der Waals surface area contributed by atoms with E-state index in [2.05, 4.69) is 10.6 Å². The van der Waals surface area contributed by atoms with E-state index in [1.54, 1.807) is 36.4 Å². The number of rotatable bonds is 7. The molecule has 1 saturated carbocycles. The molecule has 3 aromatic rings. The van der Waals surface area contributed by atoms with Crippen molar-refractivity contribution in [2.45, 2.75) is 18.9 Å². The Bertz CT molecular complexity index is 1530. The summed E-state index contributed by atoms with van der Waals surface area (Å²) in [5.41, 5.74) is 0.281. The van der Waals surface area contributed by atoms with Gasteiger partial charge in [0.1, 0.15) is 5.82 Å². The summed E-state index contributed by atoms with van der Waals surface area (Å²) in [5, 5.41) is 5.77. The summed E-state index contributed by atoms with van der Waals surface area (Å²) in [6.07, 6.45) is 2.74. The van der Waals surface area contributed by atoms with Crippen molar-refractivity contribution in [3.8, 4) is 5.69 Å². The normalized spacial score (nSPS) is 19.3. The number of sulfonamides is 1. The van der Waals surface area contributed by atoms with Gasteiger partial charge in [-0.3, -0.25) is 19.0 Å². The summed E-state index contributed by atoms with van der Waals surface area (Å²) < 4.78 is 41.6. The zero-order valence-corrected chi connectivity index (χ0v) is 22.2. The summed E-state index contributed by atoms with van der Waals surface area (Å²) in [7, 11) is -2.18. The number of hydrogen-bond donors (Lipinski definition) is 2. The second kappa shape index (κ2) is 11.1. The second-order valence-electron chi connectivity index (χ2n) is 9.18. The maximum absolute atomic E-state index is 14.9. The van der Waals surface area contributed by atoms with Crippen molar-refractivity contribution in [1.29, 1.82) is 0 Å². The van der Waals surface area contributed by atoms with Crippen LogP contribution in [0.5, 0.6) is 0 Å². The van der Waals surface area contributed by atoms with Crippen molar-refractivity contribution in [1.82, 2.24) is 8.87 Å². The smallest absolute Gasteiger partial charge is 0.255 e. The van der Waals surface area contributed by atoms with Crippen LogP contribution in [0.1, 0.15) is 12.8 Å². The van der Waals surface area contributed by atoms with Gasteiger partial charge in [-0.05, 0) is 55.3 Å². The molecule has 1 aliphatic rings. The Morgan fingerprint density at radius 1 is 1.00 bits per heavy atom. The van der Waals surface area contributed by atoms with E-state index in [9.17, 15) is 27.2 Å². The third-order valence-corrected chi connectivity index (χ3v) is 8.27. The van der Waals surface area contributed by atoms with Crippen LogP contribution in [0.3, 0.4) is 0 Å². The van der Waals surface area contributed by atoms with Crippen molar-refractivity contribution in [2.24, 2.45) is 11.8 Å². The number of amides is 2. The molecule has 0 spiro atoms. The number of aromatic nitrogens is 1. The van der Waals surface area contributed by atoms with E-state index in [1.807, 2.05) is 0 Å². The molecule has 4 rings (SSSR count). The molecule has 12 heteroatoms. The van der Waals surface area contributed by atoms with Gasteiger partial charge in [0.2, 0.25) is 21.8 Å². The van der Waals surface area contributed by atoms with E-state index >= 15 is 0 Å². The summed E-state index contributed by atoms with van der Waals surface area (Å²) >= 11 is 5.90. The van der Waals surface area contributed by atoms with E-state index in [4.69, 9.17) is 11.6 Å². The first-order chi connectivity index (χ1) is 17.9. The summed E-state index contributed by atoms with van der Waals surface area (Å²) in [6.45, 7) is 0. The number of benzene rings is 2. The maximum atomic E-state index is 14.9. The van der Waals surface area contributed by atoms with Crippen LogP contribution in [0.25, 0.3) is 5.69 Å². The van der Waals surface area contributed by atoms with Gasteiger partial charge in [-0.1, -0.05) is 17.7 Å². The minimum Gasteiger partial charge on any atom is -0.326 e. The van der Waals surface area contributed by atoms with Crippen LogP contribution in [0.4, 0.5) is 15.8 Å². The van der Waals surface area contributed by atoms with Crippen molar-refractivity contribution in [3.05, 3.63) is 88.1 Å². The average Bonchev–Trinajstić information content (AvgIpc) is 3.32. The van der Waals surface area contributed by atoms with Gasteiger partial charge in [0.15, 0.2) is 0 Å². The van der Waals surface area contributed by atoms with Crippen molar-refractivity contribution < 1.29 is 22.4 Å². The molecule has 2 aromatic carbocycles. The molecule has 9 nitrogen and oxygen atoms in total. The van der Waals surface area contributed by atoms with E-state index in [-0.39, 0.29) is 29.8 Å². The summed E-state index contributed by atoms with van der Waals surface area (Å²) in [5.74, 6) is -3.64. The number of hydrogen-bond acceptors (Lipinski definition) is 5. The predicted molar refractivity (Wildman–Crippen MR) is 143 cm³/mol. The Morgan fingerprint density at radius 2 is 1.63 bits per heavy atom. The lowest BCUT2D eigenvalue weighted by Gasteiger charge is -2.21. The predicted octanol–water partition coefficient (Wildman–Crippen LogP) is 3.49. The SMILES string of the molecule is CN(C1C[C@H](C(=O)Nc2ccc(Cl)cc2)[C@H](C(=O)Nc2ccc(-n3ccccc3=O)cc2F)C1)S(C)(=O)=O. The molecule has 2 N–H and O–H groups in total. The van der Waals surface area contributed by atoms with Gasteiger partial charge < -0.3 is 10.6 Å². The highest BCUT2D eigenvalue weighted by Gasteiger charge is 2.45. The van der Waals surface area contributed by atoms with Crippen LogP contribution < -0.4 is 16.2 Å². The maximum Gasteiger partial charge on any atom is 0.255 e. The Labute approximate surface area is 224 Å². The van der Waals surface area contributed by atoms with E-state index in [0.29, 0.717) is 10.7 Å². The molecular formula is C26H26ClFN4O5S. The number of carbonyl (C=O) groups excluding carboxylic acids is 2. The lowest BCUT2D eigenvalue weighted by molar-refractivity contribution is -0.128. The number of carbonyl (C=O) groups is 2. The first kappa shape index (κ1) is 27.5. The van der Waals surface area contributed by atoms with Crippen molar-refractivity contribution in [2.75, 3.05) is 23.9 Å². The van der Waals surface area contributed by atoms with Gasteiger partial charge >= 0.3 is 0 Å². The van der Waals surface area contributed by atoms with Gasteiger partial charge in [-0.2, -0.15) is 0 Å². The molecule has 1 aliphatic carbocycles. The van der Waals surface area contributed by atoms with E-state index in [1.165, 1.54) is 36.0 Å². The van der Waals surface area contributed by atoms with Gasteiger partial charge in [0, 0.05) is 42.1 Å². The molecule has 1 unspecified atom stereocenters. The second-order valence-corrected chi connectivity index (χ2v) is 11.7. The van der Waals surface area contributed by atoms with Crippen LogP contribution in [0.15, 0.2) is 71.7 Å². The lowest BCUT2D eigenvalue weighted by atomic mass is 9.94. The fourth-order valence-electron chi connectivity index (χ4n) is 4.55. The molecule has 1 aromatic heterocycles. The minimum atomic E-state index is -3.58. The zero-order valence-electron chi connectivity index (χ0n) is 20.6. The van der Waals surface area contributed by atoms with Gasteiger partial charge in [0.05, 0.1) is 29.5 Å². The van der Waals surface area contributed by atoms with Crippen LogP contribution in [0, 0.1) is 17.7 Å². The minimum absolute atomic E-state index is 0.0766. The molecule has 0 bridgehead atoms. The third-order valence-electron chi connectivity index (χ3n) is 6.67. The molecular weight excluding hydrogens is 535 g/mol. The number of halogens is 2. The fraction of sp³-hybridized carbons (Fsp3) is 0.269. The highest BCUT2D eigenvalue weighted by molar-refractivity contribution is 7.88. The van der Waals surface area contributed by atoms with Gasteiger partial charge in [0.25, 0.3) is 5.56 Å². The highest BCUT2D eigenvalue weighted by Crippen LogP contribution is 2.37. The van der Waals surface area contributed by atoms with Gasteiger partial charge in [-0.25, -0.2) is 17.1 Å². The molecule has 2 amide bonds. The van der Waals surface area contributed by atoms with Crippen LogP contribution >= 0.6 is 11.6 Å². The number of nitrogens with zero attached hydrogens (tertiary/aromatic N) is 2. The van der Waals surface area contributed by atoms with E-state index in [0.717, 1.165) is 16.6 Å². The molecule has 1 heterocycles. The standard InChI is InChI=1S/C26H26ClFN4O5S/c1-31(38(2,36)37)19-13-20(25(34)29-17-8-6-16(27)7-9-17)21(14-19)26(35)30-23-11-10-18(15-22(23)28)32-12-4-3-5-24(32)33/h3-12,15,19-21H,13-14H2,1-2H3,(H,29,34)(H,30,35)/t19?,20-,21+/m0/s1. The summed E-state index contributed by atoms with van der Waals surface area (Å²) in [6, 6.07) is 14.3. The summed E-state index contributed by atoms with van der Waals surface area (Å²) in [4.78, 5) is 38.5. The first-order valence-corrected chi connectivity index (χ1v) is 13.9. The third kappa shape index (κ3) is 6.12. The fourth-order valence-corrected chi connectivity index (χ4v) is 5.39. The average molecular weight is 561 g/mol. The van der Waals surface area contributed by atoms with Crippen LogP contribution in [-0.4, -0.2) is 48.4 Å². The zero-order chi connectivity index (χ0) is 27.6. The largest absolute Gasteiger partial charge is 0.326 e. The molecule has 38 heavy (non-hydrogen) atoms. The Kier molecular flexibility index (Phi) is 8.00. The molecule has 1 fully saturated rings. The monoisotopic (exact) mass is 560 g/mol. The van der Waals surface area contributed by atoms with Crippen LogP contribution in [0.2, 0.25) is 5.02 Å². The topological polar surface area (TPSA) is 118 Å². The lowest BCUT2D eigenvalue weighted by Crippen LogP contribution is -2.35.